The predicted molar refractivity (Wildman–Crippen MR) is 62.8 cm³/mol. The van der Waals surface area contributed by atoms with E-state index in [0.717, 1.165) is 5.56 Å². The largest absolute Gasteiger partial charge is 0.469 e. The van der Waals surface area contributed by atoms with Crippen molar-refractivity contribution in [3.63, 3.8) is 0 Å². The molecule has 0 fully saturated rings. The summed E-state index contributed by atoms with van der Waals surface area (Å²) in [5.41, 5.74) is 1.99. The van der Waals surface area contributed by atoms with Crippen LogP contribution in [0.1, 0.15) is 32.8 Å². The van der Waals surface area contributed by atoms with E-state index in [1.54, 1.807) is 32.9 Å². The van der Waals surface area contributed by atoms with Crippen LogP contribution < -0.4 is 0 Å². The molecule has 0 saturated carbocycles. The lowest BCUT2D eigenvalue weighted by molar-refractivity contribution is 0.103. The van der Waals surface area contributed by atoms with E-state index in [1.807, 2.05) is 0 Å². The Hall–Kier alpha value is -1.90. The van der Waals surface area contributed by atoms with Gasteiger partial charge in [0, 0.05) is 0 Å². The average molecular weight is 232 g/mol. The van der Waals surface area contributed by atoms with E-state index in [0.29, 0.717) is 16.9 Å². The Balaban J connectivity index is 2.56. The summed E-state index contributed by atoms with van der Waals surface area (Å²) in [7, 11) is 0. The number of rotatable bonds is 2. The highest BCUT2D eigenvalue weighted by Gasteiger charge is 2.20. The third-order valence-corrected chi connectivity index (χ3v) is 2.76. The zero-order valence-electron chi connectivity index (χ0n) is 10.0. The maximum absolute atomic E-state index is 13.8. The second kappa shape index (κ2) is 4.17. The minimum atomic E-state index is -0.479. The van der Waals surface area contributed by atoms with Crippen LogP contribution in [0.3, 0.4) is 0 Å². The van der Waals surface area contributed by atoms with Gasteiger partial charge >= 0.3 is 0 Å². The van der Waals surface area contributed by atoms with Gasteiger partial charge in [0.25, 0.3) is 0 Å². The van der Waals surface area contributed by atoms with Gasteiger partial charge in [-0.05, 0) is 44.0 Å². The highest BCUT2D eigenvalue weighted by molar-refractivity contribution is 6.10. The third kappa shape index (κ3) is 2.00. The molecule has 0 atom stereocenters. The van der Waals surface area contributed by atoms with E-state index in [4.69, 9.17) is 4.42 Å². The number of ketones is 1. The fourth-order valence-corrected chi connectivity index (χ4v) is 1.96. The number of benzene rings is 1. The van der Waals surface area contributed by atoms with Crippen molar-refractivity contribution in [3.05, 3.63) is 58.3 Å². The van der Waals surface area contributed by atoms with Gasteiger partial charge in [0.05, 0.1) is 17.4 Å². The Morgan fingerprint density at radius 1 is 1.24 bits per heavy atom. The minimum Gasteiger partial charge on any atom is -0.469 e. The molecule has 0 bridgehead atoms. The Labute approximate surface area is 99.1 Å². The van der Waals surface area contributed by atoms with E-state index in [-0.39, 0.29) is 11.3 Å². The van der Waals surface area contributed by atoms with Crippen LogP contribution in [-0.2, 0) is 0 Å². The Morgan fingerprint density at radius 2 is 1.94 bits per heavy atom. The van der Waals surface area contributed by atoms with Gasteiger partial charge in [0.1, 0.15) is 11.6 Å². The van der Waals surface area contributed by atoms with Crippen LogP contribution in [0.25, 0.3) is 0 Å². The standard InChI is InChI=1S/C14H13FO2/c1-8-6-9(2)13(12(15)7-8)14(16)11-4-5-17-10(11)3/h4-7H,1-3H3. The monoisotopic (exact) mass is 232 g/mol. The van der Waals surface area contributed by atoms with Crippen LogP contribution >= 0.6 is 0 Å². The molecule has 1 aromatic heterocycles. The zero-order chi connectivity index (χ0) is 12.6. The van der Waals surface area contributed by atoms with Crippen LogP contribution in [0.15, 0.2) is 28.9 Å². The maximum atomic E-state index is 13.8. The maximum Gasteiger partial charge on any atom is 0.199 e. The van der Waals surface area contributed by atoms with E-state index in [1.165, 1.54) is 12.3 Å². The Morgan fingerprint density at radius 3 is 2.47 bits per heavy atom. The number of carbonyl (C=O) groups excluding carboxylic acids is 1. The second-order valence-corrected chi connectivity index (χ2v) is 4.16. The summed E-state index contributed by atoms with van der Waals surface area (Å²) in [6.07, 6.45) is 1.43. The number of carbonyl (C=O) groups is 1. The molecule has 17 heavy (non-hydrogen) atoms. The Kier molecular flexibility index (Phi) is 2.84. The first-order chi connectivity index (χ1) is 8.00. The van der Waals surface area contributed by atoms with Gasteiger partial charge in [-0.25, -0.2) is 4.39 Å². The molecule has 1 aromatic carbocycles. The van der Waals surface area contributed by atoms with Crippen molar-refractivity contribution in [2.75, 3.05) is 0 Å². The quantitative estimate of drug-likeness (QED) is 0.741. The SMILES string of the molecule is Cc1cc(C)c(C(=O)c2ccoc2C)c(F)c1. The average Bonchev–Trinajstić information content (AvgIpc) is 2.62. The number of furan rings is 1. The normalized spacial score (nSPS) is 10.6. The van der Waals surface area contributed by atoms with Crippen molar-refractivity contribution in [1.82, 2.24) is 0 Å². The number of halogens is 1. The van der Waals surface area contributed by atoms with Crippen LogP contribution in [0, 0.1) is 26.6 Å². The summed E-state index contributed by atoms with van der Waals surface area (Å²) in [6, 6.07) is 4.73. The molecule has 2 aromatic rings. The van der Waals surface area contributed by atoms with Crippen molar-refractivity contribution in [2.24, 2.45) is 0 Å². The summed E-state index contributed by atoms with van der Waals surface area (Å²) < 4.78 is 18.9. The summed E-state index contributed by atoms with van der Waals surface area (Å²) in [4.78, 5) is 12.2. The smallest absolute Gasteiger partial charge is 0.199 e. The molecule has 0 aliphatic rings. The molecule has 0 saturated heterocycles. The van der Waals surface area contributed by atoms with Crippen LogP contribution in [-0.4, -0.2) is 5.78 Å². The number of aryl methyl sites for hydroxylation is 3. The molecule has 2 rings (SSSR count). The van der Waals surface area contributed by atoms with Crippen molar-refractivity contribution < 1.29 is 13.6 Å². The lowest BCUT2D eigenvalue weighted by Gasteiger charge is -2.07. The van der Waals surface area contributed by atoms with E-state index >= 15 is 0 Å². The first-order valence-electron chi connectivity index (χ1n) is 5.36. The first-order valence-corrected chi connectivity index (χ1v) is 5.36. The topological polar surface area (TPSA) is 30.2 Å². The molecule has 2 nitrogen and oxygen atoms in total. The highest BCUT2D eigenvalue weighted by atomic mass is 19.1. The lowest BCUT2D eigenvalue weighted by Crippen LogP contribution is -2.07. The fourth-order valence-electron chi connectivity index (χ4n) is 1.96. The van der Waals surface area contributed by atoms with Gasteiger partial charge in [-0.3, -0.25) is 4.79 Å². The van der Waals surface area contributed by atoms with Crippen molar-refractivity contribution >= 4 is 5.78 Å². The van der Waals surface area contributed by atoms with Gasteiger partial charge in [-0.2, -0.15) is 0 Å². The van der Waals surface area contributed by atoms with Crippen molar-refractivity contribution in [2.45, 2.75) is 20.8 Å². The molecule has 0 spiro atoms. The van der Waals surface area contributed by atoms with Gasteiger partial charge in [0.15, 0.2) is 5.78 Å². The van der Waals surface area contributed by atoms with E-state index in [9.17, 15) is 9.18 Å². The van der Waals surface area contributed by atoms with Crippen LogP contribution in [0.2, 0.25) is 0 Å². The number of hydrogen-bond acceptors (Lipinski definition) is 2. The molecule has 1 heterocycles. The molecule has 0 aliphatic carbocycles. The highest BCUT2D eigenvalue weighted by Crippen LogP contribution is 2.21. The molecule has 0 amide bonds. The van der Waals surface area contributed by atoms with Gasteiger partial charge in [-0.15, -0.1) is 0 Å². The van der Waals surface area contributed by atoms with Gasteiger partial charge in [-0.1, -0.05) is 6.07 Å². The lowest BCUT2D eigenvalue weighted by atomic mass is 9.97. The summed E-state index contributed by atoms with van der Waals surface area (Å²) in [5.74, 6) is -0.297. The second-order valence-electron chi connectivity index (χ2n) is 4.16. The molecule has 0 aliphatic heterocycles. The fraction of sp³-hybridized carbons (Fsp3) is 0.214. The van der Waals surface area contributed by atoms with Crippen molar-refractivity contribution in [3.8, 4) is 0 Å². The summed E-state index contributed by atoms with van der Waals surface area (Å²) >= 11 is 0. The predicted octanol–water partition coefficient (Wildman–Crippen LogP) is 3.57. The van der Waals surface area contributed by atoms with E-state index in [2.05, 4.69) is 0 Å². The molecular formula is C14H13FO2. The molecule has 0 radical (unpaired) electrons. The molecule has 3 heteroatoms. The van der Waals surface area contributed by atoms with Crippen LogP contribution in [0.5, 0.6) is 0 Å². The summed E-state index contributed by atoms with van der Waals surface area (Å²) in [5, 5.41) is 0. The minimum absolute atomic E-state index is 0.125. The van der Waals surface area contributed by atoms with Crippen molar-refractivity contribution in [1.29, 1.82) is 0 Å². The molecule has 0 unspecified atom stereocenters. The summed E-state index contributed by atoms with van der Waals surface area (Å²) in [6.45, 7) is 5.22. The van der Waals surface area contributed by atoms with Gasteiger partial charge in [0.2, 0.25) is 0 Å². The molecule has 0 N–H and O–H groups in total. The number of hydrogen-bond donors (Lipinski definition) is 0. The van der Waals surface area contributed by atoms with Gasteiger partial charge < -0.3 is 4.42 Å². The van der Waals surface area contributed by atoms with E-state index < -0.39 is 5.82 Å². The Bertz CT molecular complexity index is 559. The van der Waals surface area contributed by atoms with Crippen LogP contribution in [0.4, 0.5) is 4.39 Å². The zero-order valence-corrected chi connectivity index (χ0v) is 10.0. The first kappa shape index (κ1) is 11.6. The third-order valence-electron chi connectivity index (χ3n) is 2.76. The molecular weight excluding hydrogens is 219 g/mol. The molecule has 88 valence electrons.